The molecule has 2 N–H and O–H groups in total. The van der Waals surface area contributed by atoms with Gasteiger partial charge in [0.1, 0.15) is 11.9 Å². The smallest absolute Gasteiger partial charge is 0.233 e. The van der Waals surface area contributed by atoms with Gasteiger partial charge in [-0.05, 0) is 49.4 Å². The molecule has 29 heavy (non-hydrogen) atoms. The molecule has 0 radical (unpaired) electrons. The van der Waals surface area contributed by atoms with Crippen molar-refractivity contribution in [3.05, 3.63) is 42.7 Å². The van der Waals surface area contributed by atoms with Crippen molar-refractivity contribution in [3.8, 4) is 34.0 Å². The number of piperidine rings is 2. The molecule has 2 aliphatic heterocycles. The summed E-state index contributed by atoms with van der Waals surface area (Å²) in [5, 5.41) is 26.9. The van der Waals surface area contributed by atoms with Crippen molar-refractivity contribution in [2.24, 2.45) is 7.05 Å². The molecule has 4 heterocycles. The summed E-state index contributed by atoms with van der Waals surface area (Å²) in [4.78, 5) is 0. The molecule has 5 rings (SSSR count). The van der Waals surface area contributed by atoms with E-state index in [0.29, 0.717) is 29.2 Å². The highest BCUT2D eigenvalue weighted by Crippen LogP contribution is 2.33. The lowest BCUT2D eigenvalue weighted by molar-refractivity contribution is 0.0881. The highest BCUT2D eigenvalue weighted by atomic mass is 16.5. The normalized spacial score (nSPS) is 23.7. The Hall–Kier alpha value is -2.93. The quantitative estimate of drug-likeness (QED) is 0.710. The van der Waals surface area contributed by atoms with Crippen molar-refractivity contribution in [1.29, 1.82) is 0 Å². The van der Waals surface area contributed by atoms with E-state index < -0.39 is 0 Å². The second-order valence-corrected chi connectivity index (χ2v) is 8.09. The Balaban J connectivity index is 1.30. The minimum atomic E-state index is 0.167. The van der Waals surface area contributed by atoms with Gasteiger partial charge in [-0.25, -0.2) is 0 Å². The van der Waals surface area contributed by atoms with Crippen LogP contribution < -0.4 is 10.1 Å². The monoisotopic (exact) mass is 391 g/mol. The molecule has 2 aromatic heterocycles. The van der Waals surface area contributed by atoms with Crippen LogP contribution in [0.4, 0.5) is 0 Å². The summed E-state index contributed by atoms with van der Waals surface area (Å²) in [5.41, 5.74) is 3.13. The number of rotatable bonds is 4. The fraction of sp³-hybridized carbons (Fsp3) is 0.409. The maximum atomic E-state index is 10.5. The molecular formula is C22H25N5O2. The summed E-state index contributed by atoms with van der Waals surface area (Å²) >= 11 is 0. The van der Waals surface area contributed by atoms with Gasteiger partial charge in [0.2, 0.25) is 5.88 Å². The molecule has 0 saturated carbocycles. The highest BCUT2D eigenvalue weighted by Gasteiger charge is 2.32. The average Bonchev–Trinajstić information content (AvgIpc) is 3.15. The van der Waals surface area contributed by atoms with E-state index in [1.165, 1.54) is 19.3 Å². The molecule has 7 heteroatoms. The molecule has 2 aliphatic rings. The first-order chi connectivity index (χ1) is 14.1. The zero-order valence-electron chi connectivity index (χ0n) is 16.5. The minimum Gasteiger partial charge on any atom is -0.507 e. The van der Waals surface area contributed by atoms with Gasteiger partial charge in [-0.15, -0.1) is 10.2 Å². The lowest BCUT2D eigenvalue weighted by Crippen LogP contribution is -2.51. The fourth-order valence-corrected chi connectivity index (χ4v) is 4.50. The van der Waals surface area contributed by atoms with Gasteiger partial charge >= 0.3 is 0 Å². The minimum absolute atomic E-state index is 0.167. The van der Waals surface area contributed by atoms with Crippen LogP contribution in [-0.2, 0) is 7.05 Å². The standard InChI is InChI=1S/C22H25N5O2/c1-27-13-15(12-23-27)14-5-6-19(21(28)9-14)20-7-8-22(26-25-20)29-18-10-16-3-2-4-17(11-18)24-16/h5-9,12-13,16-18,24,28H,2-4,10-11H2,1H3. The van der Waals surface area contributed by atoms with Crippen LogP contribution in [0.15, 0.2) is 42.7 Å². The van der Waals surface area contributed by atoms with Gasteiger partial charge < -0.3 is 15.2 Å². The molecule has 2 unspecified atom stereocenters. The molecular weight excluding hydrogens is 366 g/mol. The maximum Gasteiger partial charge on any atom is 0.233 e. The van der Waals surface area contributed by atoms with E-state index in [1.54, 1.807) is 16.9 Å². The Bertz CT molecular complexity index is 989. The Morgan fingerprint density at radius 2 is 1.90 bits per heavy atom. The van der Waals surface area contributed by atoms with Crippen molar-refractivity contribution in [1.82, 2.24) is 25.3 Å². The number of fused-ring (bicyclic) bond motifs is 2. The molecule has 2 atom stereocenters. The van der Waals surface area contributed by atoms with E-state index in [0.717, 1.165) is 24.0 Å². The van der Waals surface area contributed by atoms with E-state index in [4.69, 9.17) is 4.74 Å². The predicted molar refractivity (Wildman–Crippen MR) is 110 cm³/mol. The molecule has 0 aliphatic carbocycles. The van der Waals surface area contributed by atoms with Gasteiger partial charge in [0.15, 0.2) is 0 Å². The lowest BCUT2D eigenvalue weighted by Gasteiger charge is -2.39. The largest absolute Gasteiger partial charge is 0.507 e. The Morgan fingerprint density at radius 3 is 2.55 bits per heavy atom. The third kappa shape index (κ3) is 3.82. The van der Waals surface area contributed by atoms with Gasteiger partial charge in [0.05, 0.1) is 11.9 Å². The highest BCUT2D eigenvalue weighted by molar-refractivity contribution is 5.73. The third-order valence-electron chi connectivity index (χ3n) is 5.91. The van der Waals surface area contributed by atoms with Gasteiger partial charge in [-0.3, -0.25) is 4.68 Å². The van der Waals surface area contributed by atoms with Crippen LogP contribution in [0.25, 0.3) is 22.4 Å². The van der Waals surface area contributed by atoms with Crippen LogP contribution in [0.2, 0.25) is 0 Å². The summed E-state index contributed by atoms with van der Waals surface area (Å²) in [7, 11) is 1.87. The first-order valence-electron chi connectivity index (χ1n) is 10.2. The van der Waals surface area contributed by atoms with E-state index >= 15 is 0 Å². The van der Waals surface area contributed by atoms with Crippen molar-refractivity contribution in [3.63, 3.8) is 0 Å². The molecule has 7 nitrogen and oxygen atoms in total. The van der Waals surface area contributed by atoms with Crippen LogP contribution in [0.5, 0.6) is 11.6 Å². The first kappa shape index (κ1) is 18.1. The second kappa shape index (κ2) is 7.48. The average molecular weight is 391 g/mol. The topological polar surface area (TPSA) is 85.1 Å². The van der Waals surface area contributed by atoms with Gasteiger partial charge in [0.25, 0.3) is 0 Å². The molecule has 3 aromatic rings. The number of hydrogen-bond donors (Lipinski definition) is 2. The van der Waals surface area contributed by atoms with Crippen molar-refractivity contribution in [2.75, 3.05) is 0 Å². The van der Waals surface area contributed by atoms with Crippen molar-refractivity contribution in [2.45, 2.75) is 50.3 Å². The zero-order chi connectivity index (χ0) is 19.8. The summed E-state index contributed by atoms with van der Waals surface area (Å²) in [5.74, 6) is 0.714. The lowest BCUT2D eigenvalue weighted by atomic mass is 9.85. The number of phenols is 1. The van der Waals surface area contributed by atoms with Crippen LogP contribution in [-0.4, -0.2) is 43.3 Å². The van der Waals surface area contributed by atoms with E-state index in [9.17, 15) is 5.11 Å². The Morgan fingerprint density at radius 1 is 1.07 bits per heavy atom. The maximum absolute atomic E-state index is 10.5. The first-order valence-corrected chi connectivity index (χ1v) is 10.2. The number of aromatic nitrogens is 4. The summed E-state index contributed by atoms with van der Waals surface area (Å²) < 4.78 is 7.84. The van der Waals surface area contributed by atoms with Crippen molar-refractivity contribution >= 4 is 0 Å². The van der Waals surface area contributed by atoms with Crippen LogP contribution >= 0.6 is 0 Å². The predicted octanol–water partition coefficient (Wildman–Crippen LogP) is 3.30. The number of phenolic OH excluding ortho intramolecular Hbond substituents is 1. The van der Waals surface area contributed by atoms with Crippen LogP contribution in [0, 0.1) is 0 Å². The molecule has 0 amide bonds. The second-order valence-electron chi connectivity index (χ2n) is 8.09. The van der Waals surface area contributed by atoms with E-state index in [2.05, 4.69) is 20.6 Å². The van der Waals surface area contributed by atoms with Crippen LogP contribution in [0.1, 0.15) is 32.1 Å². The Kier molecular flexibility index (Phi) is 4.67. The molecule has 2 saturated heterocycles. The molecule has 1 aromatic carbocycles. The number of nitrogens with one attached hydrogen (secondary N) is 1. The number of aromatic hydroxyl groups is 1. The van der Waals surface area contributed by atoms with Gasteiger partial charge in [0, 0.05) is 42.5 Å². The molecule has 2 bridgehead atoms. The summed E-state index contributed by atoms with van der Waals surface area (Å²) in [6, 6.07) is 10.4. The summed E-state index contributed by atoms with van der Waals surface area (Å²) in [6.07, 6.45) is 9.70. The number of nitrogens with zero attached hydrogens (tertiary/aromatic N) is 4. The number of hydrogen-bond acceptors (Lipinski definition) is 6. The SMILES string of the molecule is Cn1cc(-c2ccc(-c3ccc(OC4CC5CCCC(C4)N5)nn3)c(O)c2)cn1. The molecule has 2 fully saturated rings. The Labute approximate surface area is 169 Å². The van der Waals surface area contributed by atoms with E-state index in [1.807, 2.05) is 37.5 Å². The van der Waals surface area contributed by atoms with Crippen molar-refractivity contribution < 1.29 is 9.84 Å². The number of ether oxygens (including phenoxy) is 1. The fourth-order valence-electron chi connectivity index (χ4n) is 4.50. The third-order valence-corrected chi connectivity index (χ3v) is 5.91. The molecule has 150 valence electrons. The van der Waals surface area contributed by atoms with Crippen LogP contribution in [0.3, 0.4) is 0 Å². The number of aryl methyl sites for hydroxylation is 1. The van der Waals surface area contributed by atoms with Gasteiger partial charge in [-0.1, -0.05) is 12.5 Å². The summed E-state index contributed by atoms with van der Waals surface area (Å²) in [6.45, 7) is 0. The molecule has 0 spiro atoms. The number of benzene rings is 1. The van der Waals surface area contributed by atoms with E-state index in [-0.39, 0.29) is 11.9 Å². The zero-order valence-corrected chi connectivity index (χ0v) is 16.5. The van der Waals surface area contributed by atoms with Gasteiger partial charge in [-0.2, -0.15) is 5.10 Å².